The van der Waals surface area contributed by atoms with Crippen LogP contribution in [0.2, 0.25) is 10.0 Å². The first kappa shape index (κ1) is 14.7. The Morgan fingerprint density at radius 3 is 2.73 bits per heavy atom. The molecule has 3 aromatic rings. The second-order valence-electron chi connectivity index (χ2n) is 4.54. The number of benzene rings is 1. The van der Waals surface area contributed by atoms with Crippen LogP contribution in [0, 0.1) is 0 Å². The summed E-state index contributed by atoms with van der Waals surface area (Å²) in [7, 11) is 0. The maximum Gasteiger partial charge on any atom is 0.287 e. The largest absolute Gasteiger partial charge is 0.337 e. The Kier molecular flexibility index (Phi) is 4.22. The van der Waals surface area contributed by atoms with E-state index in [9.17, 15) is 4.79 Å². The summed E-state index contributed by atoms with van der Waals surface area (Å²) >= 11 is 11.5. The van der Waals surface area contributed by atoms with Crippen molar-refractivity contribution in [2.45, 2.75) is 13.0 Å². The molecule has 0 saturated heterocycles. The van der Waals surface area contributed by atoms with Gasteiger partial charge in [-0.15, -0.1) is 0 Å². The summed E-state index contributed by atoms with van der Waals surface area (Å²) in [6.07, 6.45) is 1.85. The minimum atomic E-state index is -0.503. The molecule has 3 rings (SSSR count). The van der Waals surface area contributed by atoms with Crippen LogP contribution in [0.3, 0.4) is 0 Å². The van der Waals surface area contributed by atoms with E-state index in [2.05, 4.69) is 15.2 Å². The van der Waals surface area contributed by atoms with Gasteiger partial charge >= 0.3 is 0 Å². The van der Waals surface area contributed by atoms with Crippen molar-refractivity contribution in [2.75, 3.05) is 0 Å². The number of rotatable bonds is 4. The molecule has 0 saturated carbocycles. The van der Waals surface area contributed by atoms with Crippen molar-refractivity contribution < 1.29 is 4.52 Å². The first-order valence-corrected chi connectivity index (χ1v) is 7.15. The van der Waals surface area contributed by atoms with Gasteiger partial charge in [0.25, 0.3) is 5.56 Å². The fourth-order valence-electron chi connectivity index (χ4n) is 1.89. The third-order valence-electron chi connectivity index (χ3n) is 2.94. The van der Waals surface area contributed by atoms with E-state index >= 15 is 0 Å². The van der Waals surface area contributed by atoms with Gasteiger partial charge in [-0.1, -0.05) is 58.7 Å². The summed E-state index contributed by atoms with van der Waals surface area (Å²) in [5.41, 5.74) is 0.566. The molecule has 6 nitrogen and oxygen atoms in total. The molecule has 0 spiro atoms. The highest BCUT2D eigenvalue weighted by molar-refractivity contribution is 6.41. The minimum absolute atomic E-state index is 0.0392. The molecule has 0 unspecified atom stereocenters. The third-order valence-corrected chi connectivity index (χ3v) is 3.69. The molecule has 1 aromatic carbocycles. The predicted octanol–water partition coefficient (Wildman–Crippen LogP) is 2.57. The molecule has 2 heterocycles. The summed E-state index contributed by atoms with van der Waals surface area (Å²) in [6, 6.07) is 9.76. The summed E-state index contributed by atoms with van der Waals surface area (Å²) in [5, 5.41) is 7.80. The Balaban J connectivity index is 1.78. The quantitative estimate of drug-likeness (QED) is 0.732. The van der Waals surface area contributed by atoms with Gasteiger partial charge in [0, 0.05) is 6.42 Å². The molecule has 0 amide bonds. The van der Waals surface area contributed by atoms with Gasteiger partial charge in [-0.25, -0.2) is 4.68 Å². The molecular weight excluding hydrogens is 327 g/mol. The molecule has 2 aromatic heterocycles. The highest BCUT2D eigenvalue weighted by Gasteiger charge is 2.12. The summed E-state index contributed by atoms with van der Waals surface area (Å²) in [5.74, 6) is 0.813. The molecule has 0 fully saturated rings. The van der Waals surface area contributed by atoms with E-state index in [1.165, 1.54) is 6.20 Å². The summed E-state index contributed by atoms with van der Waals surface area (Å²) in [6.45, 7) is 0.0392. The van der Waals surface area contributed by atoms with Crippen molar-refractivity contribution in [3.05, 3.63) is 74.2 Å². The molecule has 22 heavy (non-hydrogen) atoms. The molecule has 0 bridgehead atoms. The van der Waals surface area contributed by atoms with Crippen LogP contribution >= 0.6 is 23.2 Å². The van der Waals surface area contributed by atoms with E-state index in [1.807, 2.05) is 30.3 Å². The SMILES string of the molecule is O=c1c(Cl)c(Cl)cnn1Cc1nc(Cc2ccccc2)no1. The standard InChI is InChI=1S/C14H10Cl2N4O2/c15-10-7-17-20(14(21)13(10)16)8-12-18-11(19-22-12)6-9-4-2-1-3-5-9/h1-5,7H,6,8H2. The second-order valence-corrected chi connectivity index (χ2v) is 5.32. The lowest BCUT2D eigenvalue weighted by Gasteiger charge is -2.01. The lowest BCUT2D eigenvalue weighted by molar-refractivity contribution is 0.359. The van der Waals surface area contributed by atoms with Crippen molar-refractivity contribution in [3.8, 4) is 0 Å². The van der Waals surface area contributed by atoms with Crippen molar-refractivity contribution in [2.24, 2.45) is 0 Å². The Labute approximate surface area is 135 Å². The number of hydrogen-bond acceptors (Lipinski definition) is 5. The fraction of sp³-hybridized carbons (Fsp3) is 0.143. The van der Waals surface area contributed by atoms with Crippen molar-refractivity contribution in [3.63, 3.8) is 0 Å². The van der Waals surface area contributed by atoms with Gasteiger partial charge in [-0.3, -0.25) is 4.79 Å². The lowest BCUT2D eigenvalue weighted by Crippen LogP contribution is -2.23. The zero-order chi connectivity index (χ0) is 15.5. The third kappa shape index (κ3) is 3.18. The first-order chi connectivity index (χ1) is 10.6. The Morgan fingerprint density at radius 1 is 1.18 bits per heavy atom. The maximum absolute atomic E-state index is 11.9. The van der Waals surface area contributed by atoms with Crippen LogP contribution in [-0.2, 0) is 13.0 Å². The predicted molar refractivity (Wildman–Crippen MR) is 81.2 cm³/mol. The molecule has 0 aliphatic rings. The van der Waals surface area contributed by atoms with E-state index in [0.29, 0.717) is 12.2 Å². The van der Waals surface area contributed by atoms with Crippen LogP contribution in [-0.4, -0.2) is 19.9 Å². The molecule has 0 aliphatic heterocycles. The van der Waals surface area contributed by atoms with Crippen molar-refractivity contribution in [1.82, 2.24) is 19.9 Å². The van der Waals surface area contributed by atoms with Gasteiger partial charge in [0.2, 0.25) is 5.89 Å². The fourth-order valence-corrected chi connectivity index (χ4v) is 2.16. The van der Waals surface area contributed by atoms with E-state index in [4.69, 9.17) is 27.7 Å². The van der Waals surface area contributed by atoms with E-state index in [0.717, 1.165) is 10.2 Å². The van der Waals surface area contributed by atoms with Crippen LogP contribution in [0.4, 0.5) is 0 Å². The Hall–Kier alpha value is -2.18. The molecule has 8 heteroatoms. The van der Waals surface area contributed by atoms with Gasteiger partial charge in [0.05, 0.1) is 11.2 Å². The zero-order valence-corrected chi connectivity index (χ0v) is 12.8. The Morgan fingerprint density at radius 2 is 1.95 bits per heavy atom. The lowest BCUT2D eigenvalue weighted by atomic mass is 10.1. The van der Waals surface area contributed by atoms with Crippen molar-refractivity contribution in [1.29, 1.82) is 0 Å². The van der Waals surface area contributed by atoms with E-state index in [1.54, 1.807) is 0 Å². The van der Waals surface area contributed by atoms with Gasteiger partial charge in [-0.05, 0) is 5.56 Å². The number of hydrogen-bond donors (Lipinski definition) is 0. The average Bonchev–Trinajstić information content (AvgIpc) is 2.96. The zero-order valence-electron chi connectivity index (χ0n) is 11.2. The molecule has 0 aliphatic carbocycles. The summed E-state index contributed by atoms with van der Waals surface area (Å²) < 4.78 is 6.25. The van der Waals surface area contributed by atoms with E-state index in [-0.39, 0.29) is 22.5 Å². The van der Waals surface area contributed by atoms with Gasteiger partial charge < -0.3 is 4.52 Å². The van der Waals surface area contributed by atoms with Crippen LogP contribution in [0.5, 0.6) is 0 Å². The second kappa shape index (κ2) is 6.29. The molecule has 112 valence electrons. The monoisotopic (exact) mass is 336 g/mol. The van der Waals surface area contributed by atoms with Gasteiger partial charge in [0.15, 0.2) is 5.82 Å². The molecule has 0 radical (unpaired) electrons. The average molecular weight is 337 g/mol. The Bertz CT molecular complexity index is 846. The smallest absolute Gasteiger partial charge is 0.287 e. The van der Waals surface area contributed by atoms with Gasteiger partial charge in [-0.2, -0.15) is 10.1 Å². The first-order valence-electron chi connectivity index (χ1n) is 6.40. The van der Waals surface area contributed by atoms with Gasteiger partial charge in [0.1, 0.15) is 11.6 Å². The normalized spacial score (nSPS) is 10.8. The summed E-state index contributed by atoms with van der Waals surface area (Å²) in [4.78, 5) is 16.1. The van der Waals surface area contributed by atoms with Crippen molar-refractivity contribution >= 4 is 23.2 Å². The number of halogens is 2. The van der Waals surface area contributed by atoms with Crippen LogP contribution in [0.1, 0.15) is 17.3 Å². The topological polar surface area (TPSA) is 73.8 Å². The maximum atomic E-state index is 11.9. The van der Waals surface area contributed by atoms with Crippen LogP contribution < -0.4 is 5.56 Å². The molecule has 0 N–H and O–H groups in total. The minimum Gasteiger partial charge on any atom is -0.337 e. The highest BCUT2D eigenvalue weighted by Crippen LogP contribution is 2.15. The van der Waals surface area contributed by atoms with Crippen LogP contribution in [0.15, 0.2) is 45.8 Å². The molecule has 0 atom stereocenters. The number of aromatic nitrogens is 4. The van der Waals surface area contributed by atoms with Crippen LogP contribution in [0.25, 0.3) is 0 Å². The molecular formula is C14H10Cl2N4O2. The van der Waals surface area contributed by atoms with E-state index < -0.39 is 5.56 Å². The highest BCUT2D eigenvalue weighted by atomic mass is 35.5. The number of nitrogens with zero attached hydrogens (tertiary/aromatic N) is 4.